The summed E-state index contributed by atoms with van der Waals surface area (Å²) in [7, 11) is 0. The molecule has 2 aromatic heterocycles. The maximum Gasteiger partial charge on any atom is 0.416 e. The van der Waals surface area contributed by atoms with Gasteiger partial charge in [0.2, 0.25) is 0 Å². The van der Waals surface area contributed by atoms with Crippen LogP contribution in [0.15, 0.2) is 66.9 Å². The minimum absolute atomic E-state index is 0.0850. The predicted molar refractivity (Wildman–Crippen MR) is 98.8 cm³/mol. The van der Waals surface area contributed by atoms with E-state index in [1.165, 1.54) is 0 Å². The number of halogens is 4. The number of hydrogen-bond donors (Lipinski definition) is 0. The van der Waals surface area contributed by atoms with Crippen molar-refractivity contribution in [3.05, 3.63) is 88.8 Å². The van der Waals surface area contributed by atoms with Crippen molar-refractivity contribution >= 4 is 17.4 Å². The Hall–Kier alpha value is -2.64. The Morgan fingerprint density at radius 3 is 2.46 bits per heavy atom. The summed E-state index contributed by atoms with van der Waals surface area (Å²) in [5.41, 5.74) is 0.619. The molecule has 8 heteroatoms. The monoisotopic (exact) mass is 405 g/mol. The van der Waals surface area contributed by atoms with E-state index in [4.69, 9.17) is 16.3 Å². The quantitative estimate of drug-likeness (QED) is 0.545. The zero-order chi connectivity index (χ0) is 19.7. The Balaban J connectivity index is 1.83. The Kier molecular flexibility index (Phi) is 4.95. The van der Waals surface area contributed by atoms with Crippen molar-refractivity contribution in [3.63, 3.8) is 0 Å². The van der Waals surface area contributed by atoms with Crippen LogP contribution in [-0.2, 0) is 10.9 Å². The summed E-state index contributed by atoms with van der Waals surface area (Å²) in [5.74, 6) is 0.0850. The molecule has 1 fully saturated rings. The number of benzene rings is 1. The number of anilines is 1. The van der Waals surface area contributed by atoms with E-state index in [-0.39, 0.29) is 23.6 Å². The minimum Gasteiger partial charge on any atom is -0.350 e. The molecule has 3 aromatic rings. The third-order valence-electron chi connectivity index (χ3n) is 4.50. The van der Waals surface area contributed by atoms with Crippen molar-refractivity contribution in [3.8, 4) is 0 Å². The van der Waals surface area contributed by atoms with Crippen LogP contribution in [0.2, 0.25) is 5.15 Å². The van der Waals surface area contributed by atoms with Crippen LogP contribution in [-0.4, -0.2) is 16.6 Å². The van der Waals surface area contributed by atoms with Gasteiger partial charge in [0.25, 0.3) is 0 Å². The van der Waals surface area contributed by atoms with E-state index in [2.05, 4.69) is 9.97 Å². The summed E-state index contributed by atoms with van der Waals surface area (Å²) in [6.45, 7) is 0.279. The topological polar surface area (TPSA) is 38.2 Å². The van der Waals surface area contributed by atoms with Crippen LogP contribution in [0.3, 0.4) is 0 Å². The molecular formula is C20H15ClF3N3O. The van der Waals surface area contributed by atoms with E-state index >= 15 is 0 Å². The molecule has 4 rings (SSSR count). The van der Waals surface area contributed by atoms with Gasteiger partial charge < -0.3 is 9.64 Å². The molecule has 0 spiro atoms. The number of hydrogen-bond acceptors (Lipinski definition) is 4. The molecule has 1 saturated heterocycles. The molecule has 0 radical (unpaired) electrons. The fraction of sp³-hybridized carbons (Fsp3) is 0.200. The number of ether oxygens (including phenoxy) is 1. The average molecular weight is 406 g/mol. The van der Waals surface area contributed by atoms with E-state index in [1.807, 2.05) is 30.3 Å². The zero-order valence-corrected chi connectivity index (χ0v) is 15.2. The van der Waals surface area contributed by atoms with Gasteiger partial charge >= 0.3 is 6.18 Å². The second kappa shape index (κ2) is 7.41. The number of alkyl halides is 3. The fourth-order valence-electron chi connectivity index (χ4n) is 3.25. The van der Waals surface area contributed by atoms with Gasteiger partial charge in [0.1, 0.15) is 11.0 Å². The highest BCUT2D eigenvalue weighted by molar-refractivity contribution is 6.29. The molecule has 144 valence electrons. The normalized spacial score (nSPS) is 19.8. The highest BCUT2D eigenvalue weighted by atomic mass is 35.5. The fourth-order valence-corrected chi connectivity index (χ4v) is 3.45. The van der Waals surface area contributed by atoms with Gasteiger partial charge in [-0.15, -0.1) is 0 Å². The Morgan fingerprint density at radius 2 is 1.79 bits per heavy atom. The number of rotatable bonds is 3. The first-order valence-electron chi connectivity index (χ1n) is 8.54. The second-order valence-corrected chi connectivity index (χ2v) is 6.70. The van der Waals surface area contributed by atoms with Gasteiger partial charge in [0, 0.05) is 6.20 Å². The third-order valence-corrected chi connectivity index (χ3v) is 4.69. The van der Waals surface area contributed by atoms with Crippen LogP contribution >= 0.6 is 11.6 Å². The Morgan fingerprint density at radius 1 is 1.04 bits per heavy atom. The number of pyridine rings is 2. The van der Waals surface area contributed by atoms with Gasteiger partial charge in [-0.25, -0.2) is 4.98 Å². The molecule has 1 aliphatic heterocycles. The van der Waals surface area contributed by atoms with Gasteiger partial charge in [0.05, 0.1) is 23.9 Å². The summed E-state index contributed by atoms with van der Waals surface area (Å²) in [6.07, 6.45) is -3.61. The summed E-state index contributed by atoms with van der Waals surface area (Å²) in [6, 6.07) is 16.2. The lowest BCUT2D eigenvalue weighted by molar-refractivity contribution is -0.137. The molecular weight excluding hydrogens is 391 g/mol. The summed E-state index contributed by atoms with van der Waals surface area (Å²) in [4.78, 5) is 10.2. The standard InChI is InChI=1S/C20H15ClF3N3O/c21-17-10-14(20(22,23)24)11-18(26-17)27-16(13-6-2-1-3-7-13)12-28-19(27)15-8-4-5-9-25-15/h1-11,16,19H,12H2. The highest BCUT2D eigenvalue weighted by Crippen LogP contribution is 2.43. The van der Waals surface area contributed by atoms with Crippen LogP contribution in [0.25, 0.3) is 0 Å². The predicted octanol–water partition coefficient (Wildman–Crippen LogP) is 5.43. The number of aromatic nitrogens is 2. The lowest BCUT2D eigenvalue weighted by Crippen LogP contribution is -2.28. The van der Waals surface area contributed by atoms with Gasteiger partial charge in [-0.2, -0.15) is 13.2 Å². The van der Waals surface area contributed by atoms with Gasteiger partial charge in [-0.1, -0.05) is 48.0 Å². The van der Waals surface area contributed by atoms with Crippen molar-refractivity contribution in [2.24, 2.45) is 0 Å². The lowest BCUT2D eigenvalue weighted by atomic mass is 10.1. The second-order valence-electron chi connectivity index (χ2n) is 6.31. The summed E-state index contributed by atoms with van der Waals surface area (Å²) >= 11 is 5.93. The van der Waals surface area contributed by atoms with Crippen molar-refractivity contribution in [1.29, 1.82) is 0 Å². The summed E-state index contributed by atoms with van der Waals surface area (Å²) in [5, 5.41) is -0.233. The first-order valence-corrected chi connectivity index (χ1v) is 8.92. The molecule has 0 amide bonds. The molecule has 2 atom stereocenters. The van der Waals surface area contributed by atoms with Crippen LogP contribution in [0, 0.1) is 0 Å². The van der Waals surface area contributed by atoms with Crippen LogP contribution < -0.4 is 4.90 Å². The molecule has 0 saturated carbocycles. The van der Waals surface area contributed by atoms with Gasteiger partial charge in [-0.3, -0.25) is 4.98 Å². The molecule has 3 heterocycles. The minimum atomic E-state index is -4.54. The largest absolute Gasteiger partial charge is 0.416 e. The van der Waals surface area contributed by atoms with Crippen molar-refractivity contribution in [2.45, 2.75) is 18.4 Å². The van der Waals surface area contributed by atoms with Crippen molar-refractivity contribution < 1.29 is 17.9 Å². The molecule has 4 nitrogen and oxygen atoms in total. The SMILES string of the molecule is FC(F)(F)c1cc(Cl)nc(N2C(c3ccccc3)COC2c2ccccn2)c1. The summed E-state index contributed by atoms with van der Waals surface area (Å²) < 4.78 is 45.9. The molecule has 0 aliphatic carbocycles. The van der Waals surface area contributed by atoms with Crippen LogP contribution in [0.5, 0.6) is 0 Å². The molecule has 1 aromatic carbocycles. The first kappa shape index (κ1) is 18.7. The maximum atomic E-state index is 13.3. The molecule has 0 N–H and O–H groups in total. The van der Waals surface area contributed by atoms with E-state index < -0.39 is 18.0 Å². The van der Waals surface area contributed by atoms with Crippen molar-refractivity contribution in [1.82, 2.24) is 9.97 Å². The number of nitrogens with zero attached hydrogens (tertiary/aromatic N) is 3. The van der Waals surface area contributed by atoms with E-state index in [1.54, 1.807) is 29.3 Å². The Labute approximate surface area is 164 Å². The van der Waals surface area contributed by atoms with Gasteiger partial charge in [-0.05, 0) is 29.8 Å². The first-order chi connectivity index (χ1) is 13.4. The molecule has 0 bridgehead atoms. The Bertz CT molecular complexity index is 906. The van der Waals surface area contributed by atoms with E-state index in [0.717, 1.165) is 17.7 Å². The lowest BCUT2D eigenvalue weighted by Gasteiger charge is -2.30. The van der Waals surface area contributed by atoms with E-state index in [9.17, 15) is 13.2 Å². The maximum absolute atomic E-state index is 13.3. The van der Waals surface area contributed by atoms with Crippen LogP contribution in [0.4, 0.5) is 19.0 Å². The van der Waals surface area contributed by atoms with Gasteiger partial charge in [0.15, 0.2) is 6.23 Å². The van der Waals surface area contributed by atoms with Crippen molar-refractivity contribution in [2.75, 3.05) is 11.5 Å². The molecule has 28 heavy (non-hydrogen) atoms. The molecule has 1 aliphatic rings. The average Bonchev–Trinajstić information content (AvgIpc) is 3.13. The highest BCUT2D eigenvalue weighted by Gasteiger charge is 2.40. The molecule has 2 unspecified atom stereocenters. The van der Waals surface area contributed by atoms with Crippen LogP contribution in [0.1, 0.15) is 29.1 Å². The smallest absolute Gasteiger partial charge is 0.350 e. The zero-order valence-electron chi connectivity index (χ0n) is 14.5. The van der Waals surface area contributed by atoms with E-state index in [0.29, 0.717) is 5.69 Å². The third kappa shape index (κ3) is 3.68.